The fourth-order valence-corrected chi connectivity index (χ4v) is 3.51. The van der Waals surface area contributed by atoms with E-state index in [1.54, 1.807) is 0 Å². The molecule has 0 radical (unpaired) electrons. The van der Waals surface area contributed by atoms with Gasteiger partial charge in [0.2, 0.25) is 5.91 Å². The Labute approximate surface area is 138 Å². The van der Waals surface area contributed by atoms with Gasteiger partial charge in [-0.05, 0) is 55.9 Å². The van der Waals surface area contributed by atoms with Crippen molar-refractivity contribution in [2.75, 3.05) is 12.4 Å². The minimum absolute atomic E-state index is 0.0730. The number of rotatable bonds is 4. The lowest BCUT2D eigenvalue weighted by Crippen LogP contribution is -2.42. The average Bonchev–Trinajstić information content (AvgIpc) is 3.40. The number of nitrogens with one attached hydrogen (secondary N) is 1. The van der Waals surface area contributed by atoms with Gasteiger partial charge < -0.3 is 10.2 Å². The molecule has 2 aliphatic rings. The molecule has 0 aromatic heterocycles. The lowest BCUT2D eigenvalue weighted by atomic mass is 9.85. The molecule has 2 fully saturated rings. The molecule has 4 heteroatoms. The lowest BCUT2D eigenvalue weighted by molar-refractivity contribution is -0.117. The second-order valence-electron chi connectivity index (χ2n) is 7.09. The topological polar surface area (TPSA) is 49.4 Å². The Morgan fingerprint density at radius 2 is 1.70 bits per heavy atom. The van der Waals surface area contributed by atoms with Gasteiger partial charge in [0, 0.05) is 30.3 Å². The molecule has 1 aromatic carbocycles. The van der Waals surface area contributed by atoms with Gasteiger partial charge in [0.05, 0.1) is 0 Å². The Kier molecular flexibility index (Phi) is 4.69. The van der Waals surface area contributed by atoms with Gasteiger partial charge in [0.25, 0.3) is 5.91 Å². The summed E-state index contributed by atoms with van der Waals surface area (Å²) in [5.74, 6) is 0.922. The molecule has 2 saturated carbocycles. The summed E-state index contributed by atoms with van der Waals surface area (Å²) in [7, 11) is 1.91. The quantitative estimate of drug-likeness (QED) is 0.921. The third kappa shape index (κ3) is 3.74. The predicted molar refractivity (Wildman–Crippen MR) is 91.3 cm³/mol. The highest BCUT2D eigenvalue weighted by Crippen LogP contribution is 2.30. The summed E-state index contributed by atoms with van der Waals surface area (Å²) in [5, 5.41) is 2.91. The average molecular weight is 314 g/mol. The summed E-state index contributed by atoms with van der Waals surface area (Å²) in [6.07, 6.45) is 6.76. The van der Waals surface area contributed by atoms with Crippen LogP contribution in [0.5, 0.6) is 0 Å². The van der Waals surface area contributed by atoms with Crippen molar-refractivity contribution in [3.8, 4) is 0 Å². The Morgan fingerprint density at radius 3 is 2.30 bits per heavy atom. The number of benzene rings is 1. The molecule has 23 heavy (non-hydrogen) atoms. The van der Waals surface area contributed by atoms with Crippen molar-refractivity contribution in [2.24, 2.45) is 11.8 Å². The highest BCUT2D eigenvalue weighted by molar-refractivity contribution is 5.96. The van der Waals surface area contributed by atoms with Crippen LogP contribution in [0.15, 0.2) is 24.3 Å². The first-order valence-corrected chi connectivity index (χ1v) is 8.74. The first-order valence-electron chi connectivity index (χ1n) is 8.74. The number of hydrogen-bond acceptors (Lipinski definition) is 2. The normalized spacial score (nSPS) is 24.1. The molecule has 2 unspecified atom stereocenters. The molecule has 0 heterocycles. The molecule has 2 atom stereocenters. The van der Waals surface area contributed by atoms with E-state index in [0.29, 0.717) is 17.5 Å². The van der Waals surface area contributed by atoms with Gasteiger partial charge in [-0.1, -0.05) is 19.8 Å². The number of anilines is 1. The highest BCUT2D eigenvalue weighted by Gasteiger charge is 2.30. The molecule has 0 bridgehead atoms. The molecule has 2 aliphatic carbocycles. The smallest absolute Gasteiger partial charge is 0.253 e. The van der Waals surface area contributed by atoms with Gasteiger partial charge in [-0.25, -0.2) is 0 Å². The molecular weight excluding hydrogens is 288 g/mol. The Bertz CT molecular complexity index is 578. The van der Waals surface area contributed by atoms with Crippen molar-refractivity contribution >= 4 is 17.5 Å². The summed E-state index contributed by atoms with van der Waals surface area (Å²) in [4.78, 5) is 26.3. The summed E-state index contributed by atoms with van der Waals surface area (Å²) in [6, 6.07) is 7.62. The van der Waals surface area contributed by atoms with E-state index >= 15 is 0 Å². The second kappa shape index (κ2) is 6.73. The molecule has 0 saturated heterocycles. The van der Waals surface area contributed by atoms with Crippen molar-refractivity contribution in [2.45, 2.75) is 51.5 Å². The molecule has 0 aliphatic heterocycles. The van der Waals surface area contributed by atoms with Gasteiger partial charge in [-0.3, -0.25) is 9.59 Å². The molecule has 1 N–H and O–H groups in total. The van der Waals surface area contributed by atoms with Crippen molar-refractivity contribution in [1.29, 1.82) is 0 Å². The number of nitrogens with zero attached hydrogens (tertiary/aromatic N) is 1. The Hall–Kier alpha value is -1.84. The van der Waals surface area contributed by atoms with E-state index < -0.39 is 0 Å². The summed E-state index contributed by atoms with van der Waals surface area (Å²) >= 11 is 0. The molecule has 0 spiro atoms. The van der Waals surface area contributed by atoms with Gasteiger partial charge in [-0.15, -0.1) is 0 Å². The van der Waals surface area contributed by atoms with Crippen LogP contribution in [0, 0.1) is 11.8 Å². The SMILES string of the molecule is CC1CCCCC1N(C)C(=O)c1ccc(NC(=O)C2CC2)cc1. The zero-order chi connectivity index (χ0) is 16.4. The van der Waals surface area contributed by atoms with E-state index in [4.69, 9.17) is 0 Å². The van der Waals surface area contributed by atoms with Crippen LogP contribution in [0.4, 0.5) is 5.69 Å². The minimum atomic E-state index is 0.0730. The molecule has 3 rings (SSSR count). The fourth-order valence-electron chi connectivity index (χ4n) is 3.51. The van der Waals surface area contributed by atoms with Crippen molar-refractivity contribution in [1.82, 2.24) is 4.90 Å². The zero-order valence-corrected chi connectivity index (χ0v) is 14.0. The van der Waals surface area contributed by atoms with E-state index in [2.05, 4.69) is 12.2 Å². The molecule has 2 amide bonds. The maximum absolute atomic E-state index is 12.7. The molecule has 124 valence electrons. The van der Waals surface area contributed by atoms with E-state index in [1.807, 2.05) is 36.2 Å². The van der Waals surface area contributed by atoms with Crippen LogP contribution in [0.2, 0.25) is 0 Å². The van der Waals surface area contributed by atoms with Crippen molar-refractivity contribution in [3.63, 3.8) is 0 Å². The first kappa shape index (κ1) is 16.0. The predicted octanol–water partition coefficient (Wildman–Crippen LogP) is 3.69. The molecular formula is C19H26N2O2. The maximum atomic E-state index is 12.7. The van der Waals surface area contributed by atoms with Gasteiger partial charge >= 0.3 is 0 Å². The monoisotopic (exact) mass is 314 g/mol. The number of carbonyl (C=O) groups is 2. The van der Waals surface area contributed by atoms with Gasteiger partial charge in [0.15, 0.2) is 0 Å². The van der Waals surface area contributed by atoms with E-state index in [0.717, 1.165) is 24.9 Å². The van der Waals surface area contributed by atoms with Gasteiger partial charge in [0.1, 0.15) is 0 Å². The highest BCUT2D eigenvalue weighted by atomic mass is 16.2. The number of amides is 2. The van der Waals surface area contributed by atoms with E-state index in [-0.39, 0.29) is 17.7 Å². The standard InChI is InChI=1S/C19H26N2O2/c1-13-5-3-4-6-17(13)21(2)19(23)15-9-11-16(12-10-15)20-18(22)14-7-8-14/h9-14,17H,3-8H2,1-2H3,(H,20,22). The van der Waals surface area contributed by atoms with Crippen molar-refractivity contribution in [3.05, 3.63) is 29.8 Å². The van der Waals surface area contributed by atoms with Crippen LogP contribution < -0.4 is 5.32 Å². The van der Waals surface area contributed by atoms with Gasteiger partial charge in [-0.2, -0.15) is 0 Å². The largest absolute Gasteiger partial charge is 0.338 e. The van der Waals surface area contributed by atoms with Crippen LogP contribution in [0.25, 0.3) is 0 Å². The maximum Gasteiger partial charge on any atom is 0.253 e. The Balaban J connectivity index is 1.63. The van der Waals surface area contributed by atoms with E-state index in [1.165, 1.54) is 19.3 Å². The van der Waals surface area contributed by atoms with Crippen LogP contribution >= 0.6 is 0 Å². The lowest BCUT2D eigenvalue weighted by Gasteiger charge is -2.36. The van der Waals surface area contributed by atoms with Crippen LogP contribution in [-0.2, 0) is 4.79 Å². The third-order valence-electron chi connectivity index (χ3n) is 5.23. The number of hydrogen-bond donors (Lipinski definition) is 1. The van der Waals surface area contributed by atoms with Crippen LogP contribution in [-0.4, -0.2) is 29.8 Å². The second-order valence-corrected chi connectivity index (χ2v) is 7.09. The summed E-state index contributed by atoms with van der Waals surface area (Å²) < 4.78 is 0. The minimum Gasteiger partial charge on any atom is -0.338 e. The third-order valence-corrected chi connectivity index (χ3v) is 5.23. The number of carbonyl (C=O) groups excluding carboxylic acids is 2. The van der Waals surface area contributed by atoms with Crippen LogP contribution in [0.3, 0.4) is 0 Å². The fraction of sp³-hybridized carbons (Fsp3) is 0.579. The van der Waals surface area contributed by atoms with Crippen molar-refractivity contribution < 1.29 is 9.59 Å². The summed E-state index contributed by atoms with van der Waals surface area (Å²) in [5.41, 5.74) is 1.46. The molecule has 4 nitrogen and oxygen atoms in total. The summed E-state index contributed by atoms with van der Waals surface area (Å²) in [6.45, 7) is 2.24. The van der Waals surface area contributed by atoms with Crippen LogP contribution in [0.1, 0.15) is 55.8 Å². The molecule has 1 aromatic rings. The first-order chi connectivity index (χ1) is 11.1. The Morgan fingerprint density at radius 1 is 1.04 bits per heavy atom. The van der Waals surface area contributed by atoms with E-state index in [9.17, 15) is 9.59 Å². The zero-order valence-electron chi connectivity index (χ0n) is 14.0.